The fourth-order valence-electron chi connectivity index (χ4n) is 4.04. The Morgan fingerprint density at radius 1 is 1.18 bits per heavy atom. The largest absolute Gasteiger partial charge is 0.349 e. The third kappa shape index (κ3) is 5.82. The van der Waals surface area contributed by atoms with Crippen molar-refractivity contribution in [1.82, 2.24) is 35.1 Å². The van der Waals surface area contributed by atoms with Crippen LogP contribution in [0.15, 0.2) is 36.7 Å². The van der Waals surface area contributed by atoms with Gasteiger partial charge in [0.05, 0.1) is 35.1 Å². The standard InChI is InChI=1S/C25H26ClN9O2S/c1-13-5-4-6-16(26)22(13)34-24(37)19-9-29-25(38-19)33-20-7-17(30-14(2)31-20)18-8-27-21(32-18)10-28-23(36)15-11-35(3)12-15/h4-9,15H,10-12H2,1-3H3,(H,27,32)(H,28,36)(H,34,37)(H,29,30,31,33). The van der Waals surface area contributed by atoms with Crippen molar-refractivity contribution < 1.29 is 9.59 Å². The van der Waals surface area contributed by atoms with Crippen LogP contribution in [0.1, 0.15) is 26.9 Å². The molecule has 0 aliphatic carbocycles. The minimum Gasteiger partial charge on any atom is -0.349 e. The molecule has 1 aromatic carbocycles. The van der Waals surface area contributed by atoms with E-state index < -0.39 is 0 Å². The predicted octanol–water partition coefficient (Wildman–Crippen LogP) is 3.77. The molecule has 4 N–H and O–H groups in total. The number of H-pyrrole nitrogens is 1. The summed E-state index contributed by atoms with van der Waals surface area (Å²) in [6.07, 6.45) is 3.24. The molecule has 0 radical (unpaired) electrons. The first kappa shape index (κ1) is 25.8. The average Bonchev–Trinajstić information content (AvgIpc) is 3.52. The number of imidazole rings is 1. The topological polar surface area (TPSA) is 141 Å². The average molecular weight is 552 g/mol. The molecule has 4 aromatic rings. The summed E-state index contributed by atoms with van der Waals surface area (Å²) < 4.78 is 0. The lowest BCUT2D eigenvalue weighted by atomic mass is 10.0. The van der Waals surface area contributed by atoms with Gasteiger partial charge in [0.2, 0.25) is 5.91 Å². The highest BCUT2D eigenvalue weighted by Crippen LogP contribution is 2.28. The monoisotopic (exact) mass is 551 g/mol. The maximum Gasteiger partial charge on any atom is 0.267 e. The van der Waals surface area contributed by atoms with Crippen LogP contribution >= 0.6 is 22.9 Å². The predicted molar refractivity (Wildman–Crippen MR) is 147 cm³/mol. The summed E-state index contributed by atoms with van der Waals surface area (Å²) in [5.41, 5.74) is 2.68. The van der Waals surface area contributed by atoms with Crippen molar-refractivity contribution in [3.8, 4) is 11.4 Å². The SMILES string of the molecule is Cc1nc(Nc2ncc(C(=O)Nc3c(C)cccc3Cl)s2)cc(-c2c[nH]c(CNC(=O)C3CN(C)C3)n2)n1. The first-order valence-corrected chi connectivity index (χ1v) is 13.1. The van der Waals surface area contributed by atoms with E-state index in [2.05, 4.69) is 45.8 Å². The summed E-state index contributed by atoms with van der Waals surface area (Å²) in [6, 6.07) is 7.19. The highest BCUT2D eigenvalue weighted by molar-refractivity contribution is 7.17. The Balaban J connectivity index is 1.24. The van der Waals surface area contributed by atoms with Gasteiger partial charge in [-0.25, -0.2) is 19.9 Å². The van der Waals surface area contributed by atoms with Crippen molar-refractivity contribution in [2.45, 2.75) is 20.4 Å². The van der Waals surface area contributed by atoms with Crippen LogP contribution in [0.3, 0.4) is 0 Å². The van der Waals surface area contributed by atoms with Crippen molar-refractivity contribution in [3.63, 3.8) is 0 Å². The zero-order chi connectivity index (χ0) is 26.8. The molecule has 1 aliphatic heterocycles. The van der Waals surface area contributed by atoms with Gasteiger partial charge in [-0.15, -0.1) is 0 Å². The van der Waals surface area contributed by atoms with Gasteiger partial charge in [0.25, 0.3) is 5.91 Å². The first-order chi connectivity index (χ1) is 18.2. The second-order valence-electron chi connectivity index (χ2n) is 9.09. The van der Waals surface area contributed by atoms with Crippen LogP contribution in [0.25, 0.3) is 11.4 Å². The molecule has 0 atom stereocenters. The Kier molecular flexibility index (Phi) is 7.36. The quantitative estimate of drug-likeness (QED) is 0.259. The summed E-state index contributed by atoms with van der Waals surface area (Å²) in [5.74, 6) is 1.46. The fourth-order valence-corrected chi connectivity index (χ4v) is 5.03. The van der Waals surface area contributed by atoms with Gasteiger partial charge in [-0.2, -0.15) is 0 Å². The molecule has 1 aliphatic rings. The Bertz CT molecular complexity index is 1480. The number of para-hydroxylation sites is 1. The number of rotatable bonds is 8. The Hall–Kier alpha value is -3.87. The third-order valence-corrected chi connectivity index (χ3v) is 7.25. The molecule has 0 saturated carbocycles. The number of thiazole rings is 1. The second-order valence-corrected chi connectivity index (χ2v) is 10.5. The molecular weight excluding hydrogens is 526 g/mol. The fraction of sp³-hybridized carbons (Fsp3) is 0.280. The van der Waals surface area contributed by atoms with Gasteiger partial charge in [-0.1, -0.05) is 35.1 Å². The van der Waals surface area contributed by atoms with E-state index >= 15 is 0 Å². The van der Waals surface area contributed by atoms with Gasteiger partial charge < -0.3 is 25.8 Å². The van der Waals surface area contributed by atoms with Crippen molar-refractivity contribution in [2.75, 3.05) is 30.8 Å². The molecule has 2 amide bonds. The van der Waals surface area contributed by atoms with E-state index in [9.17, 15) is 9.59 Å². The lowest BCUT2D eigenvalue weighted by molar-refractivity contribution is -0.129. The molecule has 3 aromatic heterocycles. The van der Waals surface area contributed by atoms with Crippen LogP contribution in [-0.2, 0) is 11.3 Å². The molecule has 1 saturated heterocycles. The van der Waals surface area contributed by atoms with E-state index in [4.69, 9.17) is 11.6 Å². The summed E-state index contributed by atoms with van der Waals surface area (Å²) in [7, 11) is 1.99. The van der Waals surface area contributed by atoms with Crippen molar-refractivity contribution in [3.05, 3.63) is 63.8 Å². The zero-order valence-corrected chi connectivity index (χ0v) is 22.6. The van der Waals surface area contributed by atoms with E-state index in [0.29, 0.717) is 56.1 Å². The number of likely N-dealkylation sites (tertiary alicyclic amines) is 1. The molecule has 5 rings (SSSR count). The highest BCUT2D eigenvalue weighted by Gasteiger charge is 2.29. The number of benzene rings is 1. The normalized spacial score (nSPS) is 13.7. The molecule has 0 unspecified atom stereocenters. The van der Waals surface area contributed by atoms with Gasteiger partial charge in [-0.05, 0) is 32.5 Å². The second kappa shape index (κ2) is 10.9. The highest BCUT2D eigenvalue weighted by atomic mass is 35.5. The molecule has 0 spiro atoms. The zero-order valence-electron chi connectivity index (χ0n) is 21.0. The molecule has 0 bridgehead atoms. The molecular formula is C25H26ClN9O2S. The lowest BCUT2D eigenvalue weighted by Gasteiger charge is -2.34. The molecule has 4 heterocycles. The van der Waals surface area contributed by atoms with Gasteiger partial charge in [0, 0.05) is 25.4 Å². The molecule has 11 nitrogen and oxygen atoms in total. The summed E-state index contributed by atoms with van der Waals surface area (Å²) >= 11 is 7.43. The Labute approximate surface area is 228 Å². The number of anilines is 3. The summed E-state index contributed by atoms with van der Waals surface area (Å²) in [5, 5.41) is 9.89. The van der Waals surface area contributed by atoms with Crippen LogP contribution < -0.4 is 16.0 Å². The molecule has 38 heavy (non-hydrogen) atoms. The number of carbonyl (C=O) groups is 2. The number of aryl methyl sites for hydroxylation is 2. The van der Waals surface area contributed by atoms with E-state index in [1.54, 1.807) is 25.3 Å². The summed E-state index contributed by atoms with van der Waals surface area (Å²) in [4.78, 5) is 48.4. The molecule has 196 valence electrons. The van der Waals surface area contributed by atoms with Gasteiger partial charge in [-0.3, -0.25) is 9.59 Å². The number of hydrogen-bond donors (Lipinski definition) is 4. The van der Waals surface area contributed by atoms with E-state index in [1.807, 2.05) is 26.1 Å². The smallest absolute Gasteiger partial charge is 0.267 e. The maximum atomic E-state index is 12.8. The van der Waals surface area contributed by atoms with Crippen LogP contribution in [0.2, 0.25) is 5.02 Å². The number of halogens is 1. The number of nitrogens with one attached hydrogen (secondary N) is 4. The first-order valence-electron chi connectivity index (χ1n) is 11.9. The van der Waals surface area contributed by atoms with Gasteiger partial charge in [0.1, 0.15) is 28.0 Å². The van der Waals surface area contributed by atoms with Gasteiger partial charge >= 0.3 is 0 Å². The van der Waals surface area contributed by atoms with E-state index in [-0.39, 0.29) is 17.7 Å². The maximum absolute atomic E-state index is 12.8. The third-order valence-electron chi connectivity index (χ3n) is 6.02. The minimum atomic E-state index is -0.299. The van der Waals surface area contributed by atoms with Gasteiger partial charge in [0.15, 0.2) is 5.13 Å². The number of amides is 2. The number of carbonyl (C=O) groups excluding carboxylic acids is 2. The van der Waals surface area contributed by atoms with Crippen LogP contribution in [0.5, 0.6) is 0 Å². The molecule has 1 fully saturated rings. The van der Waals surface area contributed by atoms with Crippen LogP contribution in [0, 0.1) is 19.8 Å². The Morgan fingerprint density at radius 2 is 2.00 bits per heavy atom. The van der Waals surface area contributed by atoms with Crippen molar-refractivity contribution in [2.24, 2.45) is 5.92 Å². The number of hydrogen-bond acceptors (Lipinski definition) is 9. The van der Waals surface area contributed by atoms with Crippen molar-refractivity contribution >= 4 is 51.4 Å². The number of aromatic amines is 1. The lowest BCUT2D eigenvalue weighted by Crippen LogP contribution is -2.51. The van der Waals surface area contributed by atoms with Crippen LogP contribution in [0.4, 0.5) is 16.6 Å². The summed E-state index contributed by atoms with van der Waals surface area (Å²) in [6.45, 7) is 5.52. The minimum absolute atomic E-state index is 0.0314. The van der Waals surface area contributed by atoms with Crippen LogP contribution in [-0.4, -0.2) is 61.8 Å². The van der Waals surface area contributed by atoms with Crippen molar-refractivity contribution in [1.29, 1.82) is 0 Å². The number of nitrogens with zero attached hydrogens (tertiary/aromatic N) is 5. The molecule has 13 heteroatoms. The van der Waals surface area contributed by atoms with E-state index in [0.717, 1.165) is 18.7 Å². The number of aromatic nitrogens is 5. The Morgan fingerprint density at radius 3 is 2.76 bits per heavy atom. The van der Waals surface area contributed by atoms with E-state index in [1.165, 1.54) is 17.5 Å².